The Morgan fingerprint density at radius 3 is 2.88 bits per heavy atom. The fourth-order valence-electron chi connectivity index (χ4n) is 3.12. The minimum absolute atomic E-state index is 0.0784. The number of carbonyl (C=O) groups excluding carboxylic acids is 2. The predicted molar refractivity (Wildman–Crippen MR) is 89.7 cm³/mol. The first-order valence-corrected chi connectivity index (χ1v) is 9.42. The maximum Gasteiger partial charge on any atom is 0.243 e. The Balaban J connectivity index is 1.36. The Morgan fingerprint density at radius 1 is 1.25 bits per heavy atom. The number of benzene rings is 1. The van der Waals surface area contributed by atoms with Crippen LogP contribution in [0.2, 0.25) is 0 Å². The standard InChI is InChI=1S/C17H20N2O4S/c20-16(13-8-24-9-19(13)17(21)12-2-1-3-12)18-7-11-4-5-14-15(6-11)23-10-22-14/h4-6,12-13H,1-3,7-10H2,(H,18,20)/t13-/m0/s1. The summed E-state index contributed by atoms with van der Waals surface area (Å²) in [4.78, 5) is 26.7. The van der Waals surface area contributed by atoms with Crippen molar-refractivity contribution in [2.24, 2.45) is 5.92 Å². The number of hydrogen-bond acceptors (Lipinski definition) is 5. The number of hydrogen-bond donors (Lipinski definition) is 1. The van der Waals surface area contributed by atoms with Crippen LogP contribution >= 0.6 is 11.8 Å². The smallest absolute Gasteiger partial charge is 0.243 e. The van der Waals surface area contributed by atoms with Crippen LogP contribution in [0.25, 0.3) is 0 Å². The minimum atomic E-state index is -0.350. The van der Waals surface area contributed by atoms with Crippen LogP contribution in [-0.4, -0.2) is 41.2 Å². The molecular formula is C17H20N2O4S. The Labute approximate surface area is 144 Å². The third-order valence-corrected chi connectivity index (χ3v) is 5.84. The van der Waals surface area contributed by atoms with E-state index in [0.717, 1.165) is 30.6 Å². The van der Waals surface area contributed by atoms with E-state index < -0.39 is 0 Å². The van der Waals surface area contributed by atoms with Crippen molar-refractivity contribution in [1.82, 2.24) is 10.2 Å². The largest absolute Gasteiger partial charge is 0.454 e. The van der Waals surface area contributed by atoms with E-state index >= 15 is 0 Å². The summed E-state index contributed by atoms with van der Waals surface area (Å²) < 4.78 is 10.6. The van der Waals surface area contributed by atoms with E-state index in [1.165, 1.54) is 0 Å². The molecule has 1 saturated carbocycles. The zero-order valence-corrected chi connectivity index (χ0v) is 14.1. The molecule has 1 aromatic rings. The van der Waals surface area contributed by atoms with E-state index in [1.807, 2.05) is 18.2 Å². The van der Waals surface area contributed by atoms with Crippen LogP contribution in [0.1, 0.15) is 24.8 Å². The van der Waals surface area contributed by atoms with Gasteiger partial charge in [-0.05, 0) is 30.5 Å². The van der Waals surface area contributed by atoms with Crippen molar-refractivity contribution in [1.29, 1.82) is 0 Å². The molecule has 6 nitrogen and oxygen atoms in total. The number of carbonyl (C=O) groups is 2. The van der Waals surface area contributed by atoms with E-state index in [4.69, 9.17) is 9.47 Å². The molecule has 0 bridgehead atoms. The first kappa shape index (κ1) is 15.6. The summed E-state index contributed by atoms with van der Waals surface area (Å²) in [5.41, 5.74) is 0.954. The highest BCUT2D eigenvalue weighted by molar-refractivity contribution is 7.99. The number of amides is 2. The molecule has 24 heavy (non-hydrogen) atoms. The van der Waals surface area contributed by atoms with E-state index in [-0.39, 0.29) is 30.6 Å². The van der Waals surface area contributed by atoms with Crippen molar-refractivity contribution >= 4 is 23.6 Å². The quantitative estimate of drug-likeness (QED) is 0.898. The van der Waals surface area contributed by atoms with Crippen molar-refractivity contribution in [3.8, 4) is 11.5 Å². The van der Waals surface area contributed by atoms with Gasteiger partial charge in [0, 0.05) is 18.2 Å². The van der Waals surface area contributed by atoms with Crippen LogP contribution in [0.3, 0.4) is 0 Å². The highest BCUT2D eigenvalue weighted by atomic mass is 32.2. The molecule has 1 atom stereocenters. The molecule has 3 aliphatic rings. The Bertz CT molecular complexity index is 662. The molecule has 1 aliphatic carbocycles. The van der Waals surface area contributed by atoms with Gasteiger partial charge in [0.1, 0.15) is 6.04 Å². The average molecular weight is 348 g/mol. The maximum atomic E-state index is 12.5. The van der Waals surface area contributed by atoms with Gasteiger partial charge >= 0.3 is 0 Å². The van der Waals surface area contributed by atoms with Gasteiger partial charge in [0.25, 0.3) is 0 Å². The van der Waals surface area contributed by atoms with E-state index in [0.29, 0.717) is 23.9 Å². The first-order chi connectivity index (χ1) is 11.7. The molecule has 1 N–H and O–H groups in total. The highest BCUT2D eigenvalue weighted by Gasteiger charge is 2.39. The van der Waals surface area contributed by atoms with Gasteiger partial charge in [-0.15, -0.1) is 11.8 Å². The van der Waals surface area contributed by atoms with Crippen molar-refractivity contribution in [2.75, 3.05) is 18.4 Å². The summed E-state index contributed by atoms with van der Waals surface area (Å²) in [5, 5.41) is 2.95. The normalized spacial score (nSPS) is 22.3. The molecule has 1 saturated heterocycles. The van der Waals surface area contributed by atoms with Crippen LogP contribution in [-0.2, 0) is 16.1 Å². The van der Waals surface area contributed by atoms with Gasteiger partial charge in [0.15, 0.2) is 11.5 Å². The Morgan fingerprint density at radius 2 is 2.08 bits per heavy atom. The zero-order chi connectivity index (χ0) is 16.5. The molecule has 128 valence electrons. The monoisotopic (exact) mass is 348 g/mol. The first-order valence-electron chi connectivity index (χ1n) is 8.27. The van der Waals surface area contributed by atoms with E-state index in [1.54, 1.807) is 16.7 Å². The number of nitrogens with one attached hydrogen (secondary N) is 1. The van der Waals surface area contributed by atoms with Gasteiger partial charge in [-0.1, -0.05) is 12.5 Å². The van der Waals surface area contributed by atoms with E-state index in [9.17, 15) is 9.59 Å². The molecule has 0 aromatic heterocycles. The summed E-state index contributed by atoms with van der Waals surface area (Å²) >= 11 is 1.64. The predicted octanol–water partition coefficient (Wildman–Crippen LogP) is 1.73. The lowest BCUT2D eigenvalue weighted by atomic mass is 9.84. The van der Waals surface area contributed by atoms with Gasteiger partial charge in [-0.3, -0.25) is 9.59 Å². The van der Waals surface area contributed by atoms with Crippen LogP contribution in [0, 0.1) is 5.92 Å². The third kappa shape index (κ3) is 2.92. The summed E-state index contributed by atoms with van der Waals surface area (Å²) in [6.45, 7) is 0.658. The number of nitrogens with zero attached hydrogens (tertiary/aromatic N) is 1. The molecule has 2 aliphatic heterocycles. The lowest BCUT2D eigenvalue weighted by molar-refractivity contribution is -0.143. The summed E-state index contributed by atoms with van der Waals surface area (Å²) in [5.74, 6) is 2.94. The summed E-state index contributed by atoms with van der Waals surface area (Å²) in [6.07, 6.45) is 3.05. The molecule has 7 heteroatoms. The zero-order valence-electron chi connectivity index (χ0n) is 13.3. The Kier molecular flexibility index (Phi) is 4.26. The van der Waals surface area contributed by atoms with Gasteiger partial charge < -0.3 is 19.7 Å². The summed E-state index contributed by atoms with van der Waals surface area (Å²) in [6, 6.07) is 5.29. The van der Waals surface area contributed by atoms with Crippen molar-refractivity contribution < 1.29 is 19.1 Å². The number of ether oxygens (including phenoxy) is 2. The SMILES string of the molecule is O=C(NCc1ccc2c(c1)OCO2)[C@@H]1CSCN1C(=O)C1CCC1. The van der Waals surface area contributed by atoms with Crippen molar-refractivity contribution in [3.63, 3.8) is 0 Å². The topological polar surface area (TPSA) is 67.9 Å². The lowest BCUT2D eigenvalue weighted by Crippen LogP contribution is -2.49. The fourth-order valence-corrected chi connectivity index (χ4v) is 4.29. The second-order valence-corrected chi connectivity index (χ2v) is 7.36. The molecular weight excluding hydrogens is 328 g/mol. The van der Waals surface area contributed by atoms with Crippen LogP contribution in [0.5, 0.6) is 11.5 Å². The molecule has 0 spiro atoms. The van der Waals surface area contributed by atoms with Crippen molar-refractivity contribution in [3.05, 3.63) is 23.8 Å². The van der Waals surface area contributed by atoms with Gasteiger partial charge in [0.05, 0.1) is 5.88 Å². The number of thioether (sulfide) groups is 1. The third-order valence-electron chi connectivity index (χ3n) is 4.83. The lowest BCUT2D eigenvalue weighted by Gasteiger charge is -2.31. The van der Waals surface area contributed by atoms with Crippen LogP contribution in [0.4, 0.5) is 0 Å². The average Bonchev–Trinajstić information content (AvgIpc) is 3.19. The molecule has 2 heterocycles. The van der Waals surface area contributed by atoms with Crippen LogP contribution in [0.15, 0.2) is 18.2 Å². The van der Waals surface area contributed by atoms with Gasteiger partial charge in [-0.2, -0.15) is 0 Å². The molecule has 2 amide bonds. The second kappa shape index (κ2) is 6.55. The number of fused-ring (bicyclic) bond motifs is 1. The summed E-state index contributed by atoms with van der Waals surface area (Å²) in [7, 11) is 0. The van der Waals surface area contributed by atoms with Crippen molar-refractivity contribution in [2.45, 2.75) is 31.8 Å². The number of rotatable bonds is 4. The van der Waals surface area contributed by atoms with Crippen LogP contribution < -0.4 is 14.8 Å². The van der Waals surface area contributed by atoms with Gasteiger partial charge in [0.2, 0.25) is 18.6 Å². The maximum absolute atomic E-state index is 12.5. The highest BCUT2D eigenvalue weighted by Crippen LogP contribution is 2.33. The van der Waals surface area contributed by atoms with E-state index in [2.05, 4.69) is 5.32 Å². The van der Waals surface area contributed by atoms with Gasteiger partial charge in [-0.25, -0.2) is 0 Å². The molecule has 0 unspecified atom stereocenters. The molecule has 1 aromatic carbocycles. The Hall–Kier alpha value is -1.89. The second-order valence-electron chi connectivity index (χ2n) is 6.36. The molecule has 4 rings (SSSR count). The molecule has 2 fully saturated rings. The molecule has 0 radical (unpaired) electrons. The minimum Gasteiger partial charge on any atom is -0.454 e. The fraction of sp³-hybridized carbons (Fsp3) is 0.529.